The number of hydrogen-bond acceptors (Lipinski definition) is 4. The fourth-order valence-electron chi connectivity index (χ4n) is 3.20. The zero-order valence-corrected chi connectivity index (χ0v) is 16.7. The van der Waals surface area contributed by atoms with Gasteiger partial charge in [0.2, 0.25) is 0 Å². The van der Waals surface area contributed by atoms with Gasteiger partial charge in [0.05, 0.1) is 11.9 Å². The van der Waals surface area contributed by atoms with Crippen molar-refractivity contribution in [2.45, 2.75) is 19.8 Å². The second-order valence-electron chi connectivity index (χ2n) is 7.24. The van der Waals surface area contributed by atoms with Crippen molar-refractivity contribution in [3.8, 4) is 11.1 Å². The number of pyridine rings is 1. The lowest BCUT2D eigenvalue weighted by Gasteiger charge is -2.15. The molecule has 0 spiro atoms. The minimum atomic E-state index is -0.0936. The number of aryl methyl sites for hydroxylation is 1. The highest BCUT2D eigenvalue weighted by molar-refractivity contribution is 6.29. The average molecular weight is 397 g/mol. The summed E-state index contributed by atoms with van der Waals surface area (Å²) in [4.78, 5) is 19.0. The molecule has 0 aromatic carbocycles. The summed E-state index contributed by atoms with van der Waals surface area (Å²) >= 11 is 6.25. The number of halogens is 1. The van der Waals surface area contributed by atoms with Gasteiger partial charge in [-0.25, -0.2) is 4.98 Å². The van der Waals surface area contributed by atoms with Crippen LogP contribution in [0, 0.1) is 0 Å². The molecule has 3 aromatic rings. The molecule has 1 aliphatic rings. The fraction of sp³-hybridized carbons (Fsp3) is 0.300. The molecule has 1 aliphatic heterocycles. The van der Waals surface area contributed by atoms with Gasteiger partial charge in [-0.05, 0) is 35.3 Å². The molecule has 4 heterocycles. The van der Waals surface area contributed by atoms with E-state index in [1.807, 2.05) is 37.5 Å². The van der Waals surface area contributed by atoms with E-state index in [1.165, 1.54) is 0 Å². The zero-order valence-electron chi connectivity index (χ0n) is 16.0. The molecule has 3 aromatic heterocycles. The van der Waals surface area contributed by atoms with Crippen molar-refractivity contribution in [3.63, 3.8) is 0 Å². The Kier molecular flexibility index (Phi) is 4.77. The maximum Gasteiger partial charge on any atom is 0.274 e. The molecule has 0 unspecified atom stereocenters. The molecule has 28 heavy (non-hydrogen) atoms. The molecule has 8 heteroatoms. The number of nitrogens with one attached hydrogen (secondary N) is 1. The van der Waals surface area contributed by atoms with Crippen LogP contribution in [-0.4, -0.2) is 48.9 Å². The topological polar surface area (TPSA) is 79.7 Å². The molecular formula is C20H21ClN6O. The van der Waals surface area contributed by atoms with Crippen LogP contribution in [0.3, 0.4) is 0 Å². The highest BCUT2D eigenvalue weighted by Gasteiger charge is 2.25. The Balaban J connectivity index is 1.53. The van der Waals surface area contributed by atoms with Gasteiger partial charge >= 0.3 is 0 Å². The average Bonchev–Trinajstić information content (AvgIpc) is 3.40. The molecule has 1 N–H and O–H groups in total. The van der Waals surface area contributed by atoms with E-state index >= 15 is 0 Å². The van der Waals surface area contributed by atoms with Crippen LogP contribution in [0.2, 0.25) is 5.15 Å². The predicted octanol–water partition coefficient (Wildman–Crippen LogP) is 3.52. The molecule has 7 nitrogen and oxygen atoms in total. The van der Waals surface area contributed by atoms with Crippen molar-refractivity contribution in [1.82, 2.24) is 29.9 Å². The van der Waals surface area contributed by atoms with Crippen LogP contribution in [-0.2, 0) is 7.05 Å². The van der Waals surface area contributed by atoms with Crippen molar-refractivity contribution in [3.05, 3.63) is 58.9 Å². The van der Waals surface area contributed by atoms with Crippen LogP contribution in [0.25, 0.3) is 16.7 Å². The minimum Gasteiger partial charge on any atom is -0.329 e. The maximum absolute atomic E-state index is 12.8. The quantitative estimate of drug-likeness (QED) is 0.684. The number of hydrogen-bond donors (Lipinski definition) is 1. The normalized spacial score (nSPS) is 14.0. The highest BCUT2D eigenvalue weighted by atomic mass is 35.5. The molecule has 144 valence electrons. The van der Waals surface area contributed by atoms with Gasteiger partial charge in [0, 0.05) is 37.6 Å². The fourth-order valence-corrected chi connectivity index (χ4v) is 3.41. The first-order chi connectivity index (χ1) is 13.4. The Morgan fingerprint density at radius 2 is 2.07 bits per heavy atom. The van der Waals surface area contributed by atoms with Crippen molar-refractivity contribution in [2.24, 2.45) is 7.05 Å². The van der Waals surface area contributed by atoms with Crippen LogP contribution in [0.4, 0.5) is 0 Å². The Morgan fingerprint density at radius 3 is 2.75 bits per heavy atom. The smallest absolute Gasteiger partial charge is 0.274 e. The molecule has 4 rings (SSSR count). The van der Waals surface area contributed by atoms with E-state index < -0.39 is 0 Å². The Labute approximate surface area is 168 Å². The summed E-state index contributed by atoms with van der Waals surface area (Å²) in [5, 5.41) is 11.7. The number of amides is 1. The summed E-state index contributed by atoms with van der Waals surface area (Å²) in [7, 11) is 1.87. The standard InChI is InChI=1S/C20H21ClN6O/c1-12(2)16-8-18(25-24-16)20(28)27-5-4-13(11-27)17-6-14(7-19(21)23-17)15-9-22-26(3)10-15/h4,6-10,12H,5,11H2,1-3H3,(H,24,25). The van der Waals surface area contributed by atoms with Gasteiger partial charge in [-0.15, -0.1) is 0 Å². The summed E-state index contributed by atoms with van der Waals surface area (Å²) in [6.45, 7) is 5.11. The highest BCUT2D eigenvalue weighted by Crippen LogP contribution is 2.28. The molecular weight excluding hydrogens is 376 g/mol. The second-order valence-corrected chi connectivity index (χ2v) is 7.63. The van der Waals surface area contributed by atoms with Crippen molar-refractivity contribution < 1.29 is 4.79 Å². The third kappa shape index (κ3) is 3.57. The molecule has 1 amide bonds. The number of aromatic nitrogens is 5. The van der Waals surface area contributed by atoms with Crippen LogP contribution < -0.4 is 0 Å². The zero-order chi connectivity index (χ0) is 19.8. The summed E-state index contributed by atoms with van der Waals surface area (Å²) in [6.07, 6.45) is 5.73. The van der Waals surface area contributed by atoms with Crippen molar-refractivity contribution in [2.75, 3.05) is 13.1 Å². The van der Waals surface area contributed by atoms with Crippen molar-refractivity contribution in [1.29, 1.82) is 0 Å². The Hall–Kier alpha value is -2.93. The number of carbonyl (C=O) groups excluding carboxylic acids is 1. The number of H-pyrrole nitrogens is 1. The van der Waals surface area contributed by atoms with Crippen LogP contribution in [0.1, 0.15) is 41.6 Å². The van der Waals surface area contributed by atoms with Crippen LogP contribution in [0.5, 0.6) is 0 Å². The molecule has 0 bridgehead atoms. The van der Waals surface area contributed by atoms with E-state index in [4.69, 9.17) is 11.6 Å². The second kappa shape index (κ2) is 7.24. The predicted molar refractivity (Wildman–Crippen MR) is 108 cm³/mol. The number of aromatic amines is 1. The van der Waals surface area contributed by atoms with E-state index in [-0.39, 0.29) is 5.91 Å². The van der Waals surface area contributed by atoms with E-state index in [1.54, 1.807) is 15.8 Å². The van der Waals surface area contributed by atoms with Gasteiger partial charge in [-0.2, -0.15) is 10.2 Å². The largest absolute Gasteiger partial charge is 0.329 e. The summed E-state index contributed by atoms with van der Waals surface area (Å²) < 4.78 is 1.74. The van der Waals surface area contributed by atoms with Crippen LogP contribution >= 0.6 is 11.6 Å². The first kappa shape index (κ1) is 18.4. The summed E-state index contributed by atoms with van der Waals surface area (Å²) in [5.41, 5.74) is 5.05. The first-order valence-electron chi connectivity index (χ1n) is 9.11. The lowest BCUT2D eigenvalue weighted by atomic mass is 10.1. The number of rotatable bonds is 4. The lowest BCUT2D eigenvalue weighted by Crippen LogP contribution is -2.29. The lowest BCUT2D eigenvalue weighted by molar-refractivity contribution is 0.0795. The van der Waals surface area contributed by atoms with Gasteiger partial charge in [-0.1, -0.05) is 31.5 Å². The summed E-state index contributed by atoms with van der Waals surface area (Å²) in [6, 6.07) is 5.62. The van der Waals surface area contributed by atoms with Crippen LogP contribution in [0.15, 0.2) is 36.7 Å². The van der Waals surface area contributed by atoms with Crippen molar-refractivity contribution >= 4 is 23.1 Å². The monoisotopic (exact) mass is 396 g/mol. The molecule has 0 fully saturated rings. The molecule has 0 aliphatic carbocycles. The van der Waals surface area contributed by atoms with Gasteiger partial charge in [0.25, 0.3) is 5.91 Å². The molecule has 0 saturated heterocycles. The maximum atomic E-state index is 12.8. The molecule has 0 atom stereocenters. The van der Waals surface area contributed by atoms with E-state index in [2.05, 4.69) is 34.1 Å². The van der Waals surface area contributed by atoms with Gasteiger partial charge in [-0.3, -0.25) is 14.6 Å². The van der Waals surface area contributed by atoms with Gasteiger partial charge in [0.15, 0.2) is 0 Å². The van der Waals surface area contributed by atoms with E-state index in [9.17, 15) is 4.79 Å². The minimum absolute atomic E-state index is 0.0936. The van der Waals surface area contributed by atoms with E-state index in [0.717, 1.165) is 28.1 Å². The van der Waals surface area contributed by atoms with E-state index in [0.29, 0.717) is 29.9 Å². The molecule has 0 saturated carbocycles. The SMILES string of the molecule is CC(C)c1cc(C(=O)N2CC=C(c3cc(-c4cnn(C)c4)cc(Cl)n3)C2)n[nH]1. The summed E-state index contributed by atoms with van der Waals surface area (Å²) in [5.74, 6) is 0.201. The molecule has 0 radical (unpaired) electrons. The first-order valence-corrected chi connectivity index (χ1v) is 9.49. The Morgan fingerprint density at radius 1 is 1.25 bits per heavy atom. The van der Waals surface area contributed by atoms with Gasteiger partial charge < -0.3 is 4.90 Å². The number of nitrogens with zero attached hydrogens (tertiary/aromatic N) is 5. The third-order valence-electron chi connectivity index (χ3n) is 4.81. The Bertz CT molecular complexity index is 1060. The van der Waals surface area contributed by atoms with Gasteiger partial charge in [0.1, 0.15) is 10.8 Å². The third-order valence-corrected chi connectivity index (χ3v) is 5.00. The number of carbonyl (C=O) groups is 1.